The monoisotopic (exact) mass is 304 g/mol. The molecule has 0 spiro atoms. The van der Waals surface area contributed by atoms with E-state index in [0.29, 0.717) is 6.07 Å². The highest BCUT2D eigenvalue weighted by Crippen LogP contribution is 2.36. The van der Waals surface area contributed by atoms with E-state index in [4.69, 9.17) is 11.6 Å². The standard InChI is InChI=1S/C12H14ClFN2O4/c1-4-15(12(2,3)11(17)18)9-5-7(13)8(14)6-10(9)16(19)20/h5-6H,4H2,1-3H3,(H,17,18). The normalized spacial score (nSPS) is 11.2. The van der Waals surface area contributed by atoms with Crippen LogP contribution in [0.5, 0.6) is 0 Å². The van der Waals surface area contributed by atoms with E-state index in [2.05, 4.69) is 0 Å². The topological polar surface area (TPSA) is 83.7 Å². The van der Waals surface area contributed by atoms with Gasteiger partial charge in [-0.2, -0.15) is 0 Å². The van der Waals surface area contributed by atoms with Crippen molar-refractivity contribution in [3.63, 3.8) is 0 Å². The maximum Gasteiger partial charge on any atom is 0.328 e. The number of hydrogen-bond acceptors (Lipinski definition) is 4. The summed E-state index contributed by atoms with van der Waals surface area (Å²) in [6, 6.07) is 1.77. The Balaban J connectivity index is 3.53. The van der Waals surface area contributed by atoms with Gasteiger partial charge in [-0.3, -0.25) is 10.1 Å². The van der Waals surface area contributed by atoms with E-state index in [1.807, 2.05) is 0 Å². The second-order valence-corrected chi connectivity index (χ2v) is 5.03. The Morgan fingerprint density at radius 2 is 2.10 bits per heavy atom. The zero-order valence-electron chi connectivity index (χ0n) is 11.2. The van der Waals surface area contributed by atoms with E-state index in [9.17, 15) is 24.4 Å². The molecule has 110 valence electrons. The second kappa shape index (κ2) is 5.62. The Labute approximate surface area is 119 Å². The molecule has 0 atom stereocenters. The molecule has 0 unspecified atom stereocenters. The molecule has 0 saturated heterocycles. The van der Waals surface area contributed by atoms with Crippen molar-refractivity contribution >= 4 is 28.9 Å². The number of likely N-dealkylation sites (N-methyl/N-ethyl adjacent to an activating group) is 1. The van der Waals surface area contributed by atoms with Gasteiger partial charge in [0.25, 0.3) is 5.69 Å². The van der Waals surface area contributed by atoms with Gasteiger partial charge in [0.1, 0.15) is 17.0 Å². The quantitative estimate of drug-likeness (QED) is 0.667. The molecular weight excluding hydrogens is 291 g/mol. The molecule has 0 aromatic heterocycles. The summed E-state index contributed by atoms with van der Waals surface area (Å²) in [5.41, 5.74) is -1.96. The van der Waals surface area contributed by atoms with E-state index >= 15 is 0 Å². The van der Waals surface area contributed by atoms with Crippen molar-refractivity contribution in [2.24, 2.45) is 0 Å². The minimum atomic E-state index is -1.40. The lowest BCUT2D eigenvalue weighted by molar-refractivity contribution is -0.384. The summed E-state index contributed by atoms with van der Waals surface area (Å²) >= 11 is 5.65. The van der Waals surface area contributed by atoms with Gasteiger partial charge in [0, 0.05) is 6.54 Å². The lowest BCUT2D eigenvalue weighted by Crippen LogP contribution is -2.50. The van der Waals surface area contributed by atoms with E-state index < -0.39 is 27.9 Å². The highest BCUT2D eigenvalue weighted by Gasteiger charge is 2.37. The van der Waals surface area contributed by atoms with Crippen molar-refractivity contribution in [1.82, 2.24) is 0 Å². The third kappa shape index (κ3) is 2.82. The Morgan fingerprint density at radius 3 is 2.50 bits per heavy atom. The minimum absolute atomic E-state index is 0.0312. The number of halogens is 2. The van der Waals surface area contributed by atoms with Gasteiger partial charge in [-0.15, -0.1) is 0 Å². The van der Waals surface area contributed by atoms with Crippen LogP contribution in [0.2, 0.25) is 5.02 Å². The fourth-order valence-corrected chi connectivity index (χ4v) is 2.03. The van der Waals surface area contributed by atoms with Crippen LogP contribution in [0, 0.1) is 15.9 Å². The number of carboxylic acid groups (broad SMARTS) is 1. The first-order chi connectivity index (χ1) is 9.12. The van der Waals surface area contributed by atoms with Crippen molar-refractivity contribution < 1.29 is 19.2 Å². The van der Waals surface area contributed by atoms with Gasteiger partial charge in [-0.25, -0.2) is 9.18 Å². The summed E-state index contributed by atoms with van der Waals surface area (Å²) in [5, 5.41) is 20.0. The summed E-state index contributed by atoms with van der Waals surface area (Å²) in [5.74, 6) is -2.08. The molecule has 0 fully saturated rings. The van der Waals surface area contributed by atoms with Crippen LogP contribution in [0.3, 0.4) is 0 Å². The molecule has 0 heterocycles. The molecule has 1 N–H and O–H groups in total. The Hall–Kier alpha value is -1.89. The molecule has 0 amide bonds. The fraction of sp³-hybridized carbons (Fsp3) is 0.417. The first-order valence-electron chi connectivity index (χ1n) is 5.77. The predicted molar refractivity (Wildman–Crippen MR) is 72.8 cm³/mol. The number of carboxylic acids is 1. The van der Waals surface area contributed by atoms with Crippen LogP contribution in [0.25, 0.3) is 0 Å². The van der Waals surface area contributed by atoms with Gasteiger partial charge in [0.2, 0.25) is 0 Å². The molecule has 8 heteroatoms. The highest BCUT2D eigenvalue weighted by molar-refractivity contribution is 6.31. The average Bonchev–Trinajstić information content (AvgIpc) is 2.33. The van der Waals surface area contributed by atoms with Crippen molar-refractivity contribution in [2.75, 3.05) is 11.4 Å². The third-order valence-electron chi connectivity index (χ3n) is 3.02. The molecule has 0 bridgehead atoms. The van der Waals surface area contributed by atoms with Crippen LogP contribution in [0.15, 0.2) is 12.1 Å². The van der Waals surface area contributed by atoms with Crippen LogP contribution in [0.1, 0.15) is 20.8 Å². The first-order valence-corrected chi connectivity index (χ1v) is 6.15. The molecule has 0 saturated carbocycles. The predicted octanol–water partition coefficient (Wildman–Crippen LogP) is 3.08. The molecule has 1 aromatic rings. The van der Waals surface area contributed by atoms with E-state index in [1.54, 1.807) is 6.92 Å². The van der Waals surface area contributed by atoms with Gasteiger partial charge < -0.3 is 10.0 Å². The summed E-state index contributed by atoms with van der Waals surface area (Å²) in [6.45, 7) is 4.63. The second-order valence-electron chi connectivity index (χ2n) is 4.62. The number of benzene rings is 1. The number of aliphatic carboxylic acids is 1. The number of hydrogen-bond donors (Lipinski definition) is 1. The summed E-state index contributed by atoms with van der Waals surface area (Å²) in [6.07, 6.45) is 0. The Bertz CT molecular complexity index is 563. The molecule has 0 aliphatic rings. The summed E-state index contributed by atoms with van der Waals surface area (Å²) < 4.78 is 13.4. The molecule has 20 heavy (non-hydrogen) atoms. The van der Waals surface area contributed by atoms with Crippen LogP contribution in [-0.2, 0) is 4.79 Å². The van der Waals surface area contributed by atoms with Gasteiger partial charge in [0.15, 0.2) is 0 Å². The van der Waals surface area contributed by atoms with E-state index in [1.165, 1.54) is 18.7 Å². The highest BCUT2D eigenvalue weighted by atomic mass is 35.5. The molecule has 1 rings (SSSR count). The zero-order chi connectivity index (χ0) is 15.7. The van der Waals surface area contributed by atoms with Gasteiger partial charge in [0.05, 0.1) is 16.0 Å². The van der Waals surface area contributed by atoms with Crippen LogP contribution in [0.4, 0.5) is 15.8 Å². The molecular formula is C12H14ClFN2O4. The van der Waals surface area contributed by atoms with Crippen molar-refractivity contribution in [3.8, 4) is 0 Å². The van der Waals surface area contributed by atoms with Crippen molar-refractivity contribution in [1.29, 1.82) is 0 Å². The van der Waals surface area contributed by atoms with Crippen LogP contribution < -0.4 is 4.90 Å². The molecule has 0 radical (unpaired) electrons. The van der Waals surface area contributed by atoms with Crippen LogP contribution >= 0.6 is 11.6 Å². The Kier molecular flexibility index (Phi) is 4.54. The lowest BCUT2D eigenvalue weighted by atomic mass is 10.0. The maximum absolute atomic E-state index is 13.4. The minimum Gasteiger partial charge on any atom is -0.480 e. The largest absolute Gasteiger partial charge is 0.480 e. The molecule has 0 aliphatic heterocycles. The number of carbonyl (C=O) groups is 1. The molecule has 0 aliphatic carbocycles. The van der Waals surface area contributed by atoms with Gasteiger partial charge in [-0.1, -0.05) is 11.6 Å². The van der Waals surface area contributed by atoms with Crippen molar-refractivity contribution in [3.05, 3.63) is 33.1 Å². The van der Waals surface area contributed by atoms with Gasteiger partial charge >= 0.3 is 5.97 Å². The number of rotatable bonds is 5. The first kappa shape index (κ1) is 16.2. The summed E-state index contributed by atoms with van der Waals surface area (Å²) in [4.78, 5) is 22.9. The SMILES string of the molecule is CCN(c1cc(Cl)c(F)cc1[N+](=O)[O-])C(C)(C)C(=O)O. The van der Waals surface area contributed by atoms with E-state index in [0.717, 1.165) is 6.07 Å². The number of nitro groups is 1. The summed E-state index contributed by atoms with van der Waals surface area (Å²) in [7, 11) is 0. The zero-order valence-corrected chi connectivity index (χ0v) is 11.9. The lowest BCUT2D eigenvalue weighted by Gasteiger charge is -2.35. The number of anilines is 1. The Morgan fingerprint density at radius 1 is 1.55 bits per heavy atom. The van der Waals surface area contributed by atoms with Gasteiger partial charge in [-0.05, 0) is 26.8 Å². The third-order valence-corrected chi connectivity index (χ3v) is 3.31. The average molecular weight is 305 g/mol. The van der Waals surface area contributed by atoms with Crippen LogP contribution in [-0.4, -0.2) is 28.1 Å². The molecule has 1 aromatic carbocycles. The number of nitrogens with zero attached hydrogens (tertiary/aromatic N) is 2. The fourth-order valence-electron chi connectivity index (χ4n) is 1.87. The smallest absolute Gasteiger partial charge is 0.328 e. The van der Waals surface area contributed by atoms with E-state index in [-0.39, 0.29) is 17.3 Å². The van der Waals surface area contributed by atoms with Crippen molar-refractivity contribution in [2.45, 2.75) is 26.3 Å². The number of nitro benzene ring substituents is 1. The molecule has 6 nitrogen and oxygen atoms in total. The maximum atomic E-state index is 13.4.